The number of phosphoric ester groups is 1. The number of rotatable bonds is 22. The third-order valence-electron chi connectivity index (χ3n) is 10.6. The molecule has 25 nitrogen and oxygen atoms in total. The number of fused-ring (bicyclic) bond motifs is 2. The molecule has 2 aliphatic heterocycles. The molecule has 3 aliphatic rings. The first-order valence-electron chi connectivity index (χ1n) is 21.2. The number of H-pyrrole nitrogens is 1. The van der Waals surface area contributed by atoms with Gasteiger partial charge in [0.25, 0.3) is 11.5 Å². The fourth-order valence-corrected chi connectivity index (χ4v) is 12.1. The normalized spacial score (nSPS) is 17.5. The largest absolute Gasteiger partial charge is 0.490 e. The number of aliphatic hydroxyl groups excluding tert-OH is 1. The fraction of sp³-hybridized carbons (Fsp3) is 0.333. The predicted molar refractivity (Wildman–Crippen MR) is 266 cm³/mol. The van der Waals surface area contributed by atoms with Crippen LogP contribution in [0.2, 0.25) is 0 Å². The number of aliphatic hydroxyl groups is 1. The van der Waals surface area contributed by atoms with Crippen LogP contribution < -0.4 is 36.7 Å². The average Bonchev–Trinajstić information content (AvgIpc) is 3.66. The Morgan fingerprint density at radius 2 is 1.65 bits per heavy atom. The zero-order chi connectivity index (χ0) is 52.9. The van der Waals surface area contributed by atoms with E-state index in [1.165, 1.54) is 33.7 Å². The van der Waals surface area contributed by atoms with Gasteiger partial charge in [-0.3, -0.25) is 28.5 Å². The summed E-state index contributed by atoms with van der Waals surface area (Å²) in [6, 6.07) is 15.8. The van der Waals surface area contributed by atoms with Crippen LogP contribution in [0.4, 0.5) is 5.69 Å². The SMILES string of the molecule is C=C(CNC(=O)CCSSCCNC(=O)c1ccc(C(=O)O)c(-c2c3ccc(=[N+](C)C)cc-3oc3cc(N(C)C)ccc23)c1)c1cn([C@H]2CC(O)[C@@H](COP(=O)(O)OP(=O)(O)OP(=O)(O)O)O2)c(=O)[nH]c1=O. The number of carboxylic acids is 1. The van der Waals surface area contributed by atoms with Crippen molar-refractivity contribution in [3.8, 4) is 22.5 Å². The average molecular weight is 1100 g/mol. The molecule has 1 saturated heterocycles. The second kappa shape index (κ2) is 23.3. The monoisotopic (exact) mass is 1100 g/mol. The summed E-state index contributed by atoms with van der Waals surface area (Å²) in [5.41, 5.74) is 1.37. The van der Waals surface area contributed by atoms with Crippen molar-refractivity contribution in [1.82, 2.24) is 24.8 Å². The maximum absolute atomic E-state index is 13.5. The maximum atomic E-state index is 13.5. The topological polar surface area (TPSA) is 359 Å². The van der Waals surface area contributed by atoms with Crippen molar-refractivity contribution in [3.05, 3.63) is 110 Å². The maximum Gasteiger partial charge on any atom is 0.490 e. The zero-order valence-corrected chi connectivity index (χ0v) is 43.0. The number of carbonyl (C=O) groups is 3. The number of amides is 2. The van der Waals surface area contributed by atoms with Crippen molar-refractivity contribution in [2.24, 2.45) is 0 Å². The van der Waals surface area contributed by atoms with Crippen molar-refractivity contribution >= 4 is 85.1 Å². The van der Waals surface area contributed by atoms with E-state index in [0.29, 0.717) is 44.9 Å². The van der Waals surface area contributed by atoms with Gasteiger partial charge in [0, 0.05) is 97.6 Å². The van der Waals surface area contributed by atoms with Gasteiger partial charge in [0.2, 0.25) is 11.3 Å². The van der Waals surface area contributed by atoms with Crippen LogP contribution in [0.5, 0.6) is 0 Å². The Kier molecular flexibility index (Phi) is 18.2. The molecule has 2 amide bonds. The number of aromatic nitrogens is 2. The second-order valence-corrected chi connectivity index (χ2v) is 23.4. The number of nitrogens with zero attached hydrogens (tertiary/aromatic N) is 3. The van der Waals surface area contributed by atoms with Crippen LogP contribution in [0.25, 0.3) is 39.0 Å². The van der Waals surface area contributed by atoms with E-state index in [1.807, 2.05) is 74.1 Å². The molecule has 6 rings (SSSR count). The minimum atomic E-state index is -5.80. The number of hydrogen-bond donors (Lipinski definition) is 9. The summed E-state index contributed by atoms with van der Waals surface area (Å²) in [7, 11) is -6.61. The van der Waals surface area contributed by atoms with Gasteiger partial charge in [-0.2, -0.15) is 8.62 Å². The molecule has 30 heteroatoms. The second-order valence-electron chi connectivity index (χ2n) is 16.3. The highest BCUT2D eigenvalue weighted by atomic mass is 33.1. The molecule has 9 N–H and O–H groups in total. The van der Waals surface area contributed by atoms with E-state index in [4.69, 9.17) is 18.9 Å². The Balaban J connectivity index is 0.988. The molecule has 3 aromatic rings. The smallest absolute Gasteiger partial charge is 0.478 e. The summed E-state index contributed by atoms with van der Waals surface area (Å²) < 4.78 is 61.1. The molecule has 0 bridgehead atoms. The highest BCUT2D eigenvalue weighted by Crippen LogP contribution is 2.66. The molecule has 1 aliphatic carbocycles. The van der Waals surface area contributed by atoms with Crippen LogP contribution in [0.3, 0.4) is 0 Å². The highest BCUT2D eigenvalue weighted by Gasteiger charge is 2.43. The Labute approximate surface area is 416 Å². The van der Waals surface area contributed by atoms with Gasteiger partial charge in [0.15, 0.2) is 0 Å². The number of benzene rings is 3. The molecule has 3 heterocycles. The number of hydrogen-bond acceptors (Lipinski definition) is 17. The summed E-state index contributed by atoms with van der Waals surface area (Å²) in [6.07, 6.45) is -3.44. The molecule has 5 atom stereocenters. The van der Waals surface area contributed by atoms with Crippen LogP contribution in [0.15, 0.2) is 81.4 Å². The van der Waals surface area contributed by atoms with Crippen LogP contribution in [0.1, 0.15) is 45.3 Å². The van der Waals surface area contributed by atoms with Crippen molar-refractivity contribution in [3.63, 3.8) is 0 Å². The van der Waals surface area contributed by atoms with Crippen molar-refractivity contribution < 1.29 is 80.2 Å². The Morgan fingerprint density at radius 1 is 0.931 bits per heavy atom. The van der Waals surface area contributed by atoms with Crippen molar-refractivity contribution in [2.75, 3.05) is 64.3 Å². The molecular weight excluding hydrogens is 1050 g/mol. The summed E-state index contributed by atoms with van der Waals surface area (Å²) >= 11 is 0. The summed E-state index contributed by atoms with van der Waals surface area (Å²) in [5, 5.41) is 27.8. The molecule has 0 spiro atoms. The van der Waals surface area contributed by atoms with Crippen molar-refractivity contribution in [2.45, 2.75) is 31.3 Å². The van der Waals surface area contributed by atoms with E-state index >= 15 is 0 Å². The van der Waals surface area contributed by atoms with E-state index in [-0.39, 0.29) is 48.2 Å². The first-order chi connectivity index (χ1) is 33.7. The lowest BCUT2D eigenvalue weighted by molar-refractivity contribution is -0.120. The molecule has 72 heavy (non-hydrogen) atoms. The van der Waals surface area contributed by atoms with Gasteiger partial charge in [0.05, 0.1) is 29.9 Å². The first kappa shape index (κ1) is 56.1. The van der Waals surface area contributed by atoms with Gasteiger partial charge < -0.3 is 54.5 Å². The first-order valence-corrected chi connectivity index (χ1v) is 28.2. The Bertz CT molecular complexity index is 3230. The third kappa shape index (κ3) is 14.5. The van der Waals surface area contributed by atoms with Gasteiger partial charge in [-0.1, -0.05) is 28.2 Å². The van der Waals surface area contributed by atoms with Gasteiger partial charge in [0.1, 0.15) is 37.8 Å². The standard InChI is InChI=1S/C42H49N6O19P3S2/c1-23(31-21-48(42(55)45-40(31)52)37-19-32(49)35(65-37)22-63-69(59,60)67-70(61,62)66-68(56,57)58)20-44-36(50)12-14-71-72-15-13-43-39(51)24-6-9-27(41(53)54)30(16-24)38-28-10-7-25(46(2)3)17-33(28)64-34-18-26(47(4)5)8-11-29(34)38/h6-11,16-18,21,32,35,37,49H,1,12-15,19-20,22H2,2-5H3,(H7-,43,44,45,50,51,52,53,54,55,56,57,58,59,60,61,62)/p+1/t32?,35-,37-/m1/s1. The quantitative estimate of drug-likeness (QED) is 0.0158. The number of carboxylic acid groups (broad SMARTS) is 1. The number of nitrogens with one attached hydrogen (secondary N) is 3. The van der Waals surface area contributed by atoms with E-state index in [9.17, 15) is 57.7 Å². The van der Waals surface area contributed by atoms with E-state index in [1.54, 1.807) is 6.07 Å². The predicted octanol–water partition coefficient (Wildman–Crippen LogP) is 3.17. The van der Waals surface area contributed by atoms with E-state index < -0.39 is 77.5 Å². The lowest BCUT2D eigenvalue weighted by Crippen LogP contribution is -2.35. The van der Waals surface area contributed by atoms with Gasteiger partial charge in [-0.15, -0.1) is 0 Å². The lowest BCUT2D eigenvalue weighted by Gasteiger charge is -2.19. The molecule has 0 radical (unpaired) electrons. The number of aromatic amines is 1. The summed E-state index contributed by atoms with van der Waals surface area (Å²) in [4.78, 5) is 105. The summed E-state index contributed by atoms with van der Waals surface area (Å²) in [6.45, 7) is 2.86. The third-order valence-corrected chi connectivity index (χ3v) is 16.9. The van der Waals surface area contributed by atoms with Crippen LogP contribution in [0, 0.1) is 0 Å². The number of anilines is 1. The molecule has 1 aromatic heterocycles. The van der Waals surface area contributed by atoms with Gasteiger partial charge in [-0.05, 0) is 47.5 Å². The number of phosphoric acid groups is 3. The minimum absolute atomic E-state index is 0.00445. The van der Waals surface area contributed by atoms with Crippen molar-refractivity contribution in [1.29, 1.82) is 0 Å². The fourth-order valence-electron chi connectivity index (χ4n) is 7.20. The van der Waals surface area contributed by atoms with Gasteiger partial charge >= 0.3 is 35.1 Å². The molecule has 388 valence electrons. The summed E-state index contributed by atoms with van der Waals surface area (Å²) in [5.74, 6) is -0.625. The highest BCUT2D eigenvalue weighted by molar-refractivity contribution is 8.76. The molecule has 1 fully saturated rings. The van der Waals surface area contributed by atoms with Crippen LogP contribution in [-0.4, -0.2) is 129 Å². The number of ether oxygens (including phenoxy) is 1. The minimum Gasteiger partial charge on any atom is -0.478 e. The molecular formula is C42H50N6O19P3S2+. The number of aromatic carboxylic acids is 1. The van der Waals surface area contributed by atoms with E-state index in [0.717, 1.165) is 21.8 Å². The zero-order valence-electron chi connectivity index (χ0n) is 38.7. The number of carbonyl (C=O) groups excluding carboxylic acids is 2. The molecule has 2 aromatic carbocycles. The van der Waals surface area contributed by atoms with Crippen LogP contribution in [-0.2, 0) is 36.4 Å². The molecule has 3 unspecified atom stereocenters. The van der Waals surface area contributed by atoms with E-state index in [2.05, 4.69) is 35.3 Å². The Hall–Kier alpha value is -5.21. The van der Waals surface area contributed by atoms with Gasteiger partial charge in [-0.25, -0.2) is 27.9 Å². The molecule has 0 saturated carbocycles. The lowest BCUT2D eigenvalue weighted by atomic mass is 9.89. The van der Waals surface area contributed by atoms with Crippen LogP contribution >= 0.6 is 45.1 Å². The Morgan fingerprint density at radius 3 is 2.33 bits per heavy atom.